The van der Waals surface area contributed by atoms with Crippen molar-refractivity contribution < 1.29 is 22.4 Å². The minimum atomic E-state index is -4.46. The van der Waals surface area contributed by atoms with Crippen LogP contribution in [0.3, 0.4) is 0 Å². The standard InChI is InChI=1S/C26H19BrF3N5O2/c27-20-5-4-17(11-19(20)23-12-31-14-37-23)32-25(36)35-18-8-9-34(13-18)22-7-6-21(33-24(22)35)15-2-1-3-16(10-15)26(28,29)30/h1-7,10-12,14,18H,8-9,13H2,(H,32,36)/t18-/m0/s1. The van der Waals surface area contributed by atoms with E-state index < -0.39 is 11.7 Å². The number of urea groups is 1. The van der Waals surface area contributed by atoms with Crippen molar-refractivity contribution in [3.8, 4) is 22.6 Å². The van der Waals surface area contributed by atoms with E-state index in [1.54, 1.807) is 41.4 Å². The van der Waals surface area contributed by atoms with Crippen molar-refractivity contribution >= 4 is 39.2 Å². The van der Waals surface area contributed by atoms with Crippen LogP contribution < -0.4 is 15.1 Å². The Balaban J connectivity index is 1.35. The fourth-order valence-electron chi connectivity index (χ4n) is 4.81. The molecular weight excluding hydrogens is 551 g/mol. The second kappa shape index (κ2) is 8.91. The smallest absolute Gasteiger partial charge is 0.416 e. The number of halogens is 4. The average Bonchev–Trinajstić information content (AvgIpc) is 3.56. The van der Waals surface area contributed by atoms with Crippen molar-refractivity contribution in [1.82, 2.24) is 9.97 Å². The van der Waals surface area contributed by atoms with E-state index in [2.05, 4.69) is 36.1 Å². The third-order valence-corrected chi connectivity index (χ3v) is 7.26. The van der Waals surface area contributed by atoms with Gasteiger partial charge in [-0.05, 0) is 48.9 Å². The summed E-state index contributed by atoms with van der Waals surface area (Å²) in [6, 6.07) is 13.4. The molecule has 188 valence electrons. The van der Waals surface area contributed by atoms with Crippen LogP contribution in [0.25, 0.3) is 22.6 Å². The van der Waals surface area contributed by atoms with Crippen molar-refractivity contribution in [3.63, 3.8) is 0 Å². The maximum atomic E-state index is 13.6. The van der Waals surface area contributed by atoms with E-state index in [1.165, 1.54) is 12.5 Å². The number of carbonyl (C=O) groups is 1. The minimum absolute atomic E-state index is 0.110. The zero-order chi connectivity index (χ0) is 25.7. The first-order chi connectivity index (χ1) is 17.8. The summed E-state index contributed by atoms with van der Waals surface area (Å²) < 4.78 is 46.0. The molecule has 7 nitrogen and oxygen atoms in total. The molecule has 2 aromatic carbocycles. The van der Waals surface area contributed by atoms with Crippen LogP contribution >= 0.6 is 15.9 Å². The van der Waals surface area contributed by atoms with Gasteiger partial charge in [0, 0.05) is 34.4 Å². The van der Waals surface area contributed by atoms with Crippen LogP contribution in [0.4, 0.5) is 35.2 Å². The maximum absolute atomic E-state index is 13.6. The number of alkyl halides is 3. The third-order valence-electron chi connectivity index (χ3n) is 6.57. The number of benzene rings is 2. The predicted molar refractivity (Wildman–Crippen MR) is 136 cm³/mol. The quantitative estimate of drug-likeness (QED) is 0.293. The van der Waals surface area contributed by atoms with Gasteiger partial charge in [0.25, 0.3) is 0 Å². The van der Waals surface area contributed by atoms with E-state index >= 15 is 0 Å². The summed E-state index contributed by atoms with van der Waals surface area (Å²) in [7, 11) is 0. The predicted octanol–water partition coefficient (Wildman–Crippen LogP) is 6.82. The highest BCUT2D eigenvalue weighted by Crippen LogP contribution is 2.41. The van der Waals surface area contributed by atoms with Gasteiger partial charge in [-0.2, -0.15) is 13.2 Å². The molecule has 2 aliphatic heterocycles. The van der Waals surface area contributed by atoms with Crippen molar-refractivity contribution in [3.05, 3.63) is 77.2 Å². The summed E-state index contributed by atoms with van der Waals surface area (Å²) in [5, 5.41) is 2.95. The van der Waals surface area contributed by atoms with Crippen LogP contribution in [0, 0.1) is 0 Å². The summed E-state index contributed by atoms with van der Waals surface area (Å²) >= 11 is 3.49. The van der Waals surface area contributed by atoms with Crippen LogP contribution in [0.2, 0.25) is 0 Å². The Labute approximate surface area is 218 Å². The highest BCUT2D eigenvalue weighted by Gasteiger charge is 2.40. The number of anilines is 3. The van der Waals surface area contributed by atoms with Crippen molar-refractivity contribution in [2.45, 2.75) is 18.6 Å². The number of fused-ring (bicyclic) bond motifs is 4. The van der Waals surface area contributed by atoms with Gasteiger partial charge >= 0.3 is 12.2 Å². The second-order valence-electron chi connectivity index (χ2n) is 8.87. The Morgan fingerprint density at radius 3 is 2.78 bits per heavy atom. The number of rotatable bonds is 3. The number of aromatic nitrogens is 2. The first-order valence-corrected chi connectivity index (χ1v) is 12.3. The van der Waals surface area contributed by atoms with E-state index in [4.69, 9.17) is 4.42 Å². The highest BCUT2D eigenvalue weighted by molar-refractivity contribution is 9.10. The Bertz CT molecular complexity index is 1490. The molecule has 4 heterocycles. The van der Waals surface area contributed by atoms with Crippen LogP contribution in [-0.2, 0) is 6.18 Å². The molecule has 1 N–H and O–H groups in total. The highest BCUT2D eigenvalue weighted by atomic mass is 79.9. The number of pyridine rings is 1. The molecule has 2 amide bonds. The Morgan fingerprint density at radius 2 is 2.00 bits per heavy atom. The molecule has 1 atom stereocenters. The Morgan fingerprint density at radius 1 is 1.14 bits per heavy atom. The molecule has 37 heavy (non-hydrogen) atoms. The monoisotopic (exact) mass is 569 g/mol. The number of oxazole rings is 1. The van der Waals surface area contributed by atoms with Gasteiger partial charge in [-0.25, -0.2) is 14.8 Å². The molecule has 0 aliphatic carbocycles. The second-order valence-corrected chi connectivity index (χ2v) is 9.72. The van der Waals surface area contributed by atoms with Gasteiger partial charge in [-0.15, -0.1) is 0 Å². The Kier molecular flexibility index (Phi) is 5.67. The largest absolute Gasteiger partial charge is 0.443 e. The first kappa shape index (κ1) is 23.5. The topological polar surface area (TPSA) is 74.5 Å². The van der Waals surface area contributed by atoms with Gasteiger partial charge in [0.05, 0.1) is 29.2 Å². The van der Waals surface area contributed by atoms with E-state index in [1.807, 2.05) is 6.07 Å². The van der Waals surface area contributed by atoms with Crippen LogP contribution in [0.1, 0.15) is 12.0 Å². The lowest BCUT2D eigenvalue weighted by molar-refractivity contribution is -0.137. The van der Waals surface area contributed by atoms with E-state index in [9.17, 15) is 18.0 Å². The number of nitrogens with one attached hydrogen (secondary N) is 1. The SMILES string of the molecule is O=C(Nc1ccc(Br)c(-c2cnco2)c1)N1c2nc(-c3cccc(C(F)(F)F)c3)ccc2N2CC[C@H]1C2. The Hall–Kier alpha value is -3.86. The lowest BCUT2D eigenvalue weighted by atomic mass is 10.1. The summed E-state index contributed by atoms with van der Waals surface area (Å²) in [5.74, 6) is 0.971. The normalized spacial score (nSPS) is 16.6. The summed E-state index contributed by atoms with van der Waals surface area (Å²) in [5.41, 5.74) is 2.00. The van der Waals surface area contributed by atoms with Gasteiger partial charge in [0.2, 0.25) is 0 Å². The lowest BCUT2D eigenvalue weighted by Gasteiger charge is -2.36. The molecule has 1 saturated heterocycles. The van der Waals surface area contributed by atoms with Crippen LogP contribution in [-0.4, -0.2) is 35.1 Å². The van der Waals surface area contributed by atoms with Gasteiger partial charge in [-0.3, -0.25) is 4.90 Å². The van der Waals surface area contributed by atoms with E-state index in [0.29, 0.717) is 35.1 Å². The fraction of sp³-hybridized carbons (Fsp3) is 0.192. The maximum Gasteiger partial charge on any atom is 0.416 e. The first-order valence-electron chi connectivity index (χ1n) is 11.5. The summed E-state index contributed by atoms with van der Waals surface area (Å²) in [6.07, 6.45) is -0.793. The van der Waals surface area contributed by atoms with Gasteiger partial charge in [0.1, 0.15) is 0 Å². The molecule has 6 rings (SSSR count). The molecule has 0 spiro atoms. The van der Waals surface area contributed by atoms with Crippen LogP contribution in [0.5, 0.6) is 0 Å². The molecule has 2 aliphatic rings. The van der Waals surface area contributed by atoms with E-state index in [-0.39, 0.29) is 12.1 Å². The molecule has 4 aromatic rings. The zero-order valence-corrected chi connectivity index (χ0v) is 20.8. The van der Waals surface area contributed by atoms with Gasteiger partial charge in [-0.1, -0.05) is 28.1 Å². The fourth-order valence-corrected chi connectivity index (χ4v) is 5.25. The number of hydrogen-bond acceptors (Lipinski definition) is 5. The van der Waals surface area contributed by atoms with Gasteiger partial charge in [0.15, 0.2) is 18.0 Å². The van der Waals surface area contributed by atoms with Crippen molar-refractivity contribution in [1.29, 1.82) is 0 Å². The van der Waals surface area contributed by atoms with Crippen molar-refractivity contribution in [2.24, 2.45) is 0 Å². The molecule has 2 aromatic heterocycles. The van der Waals surface area contributed by atoms with Crippen LogP contribution in [0.15, 0.2) is 76.1 Å². The van der Waals surface area contributed by atoms with Crippen molar-refractivity contribution in [2.75, 3.05) is 28.2 Å². The number of amides is 2. The molecule has 0 saturated carbocycles. The van der Waals surface area contributed by atoms with Gasteiger partial charge < -0.3 is 14.6 Å². The molecule has 2 bridgehead atoms. The van der Waals surface area contributed by atoms with E-state index in [0.717, 1.165) is 40.8 Å². The number of hydrogen-bond donors (Lipinski definition) is 1. The average molecular weight is 570 g/mol. The molecule has 11 heteroatoms. The lowest BCUT2D eigenvalue weighted by Crippen LogP contribution is -2.48. The molecule has 1 fully saturated rings. The third kappa shape index (κ3) is 4.33. The molecular formula is C26H19BrF3N5O2. The molecule has 0 radical (unpaired) electrons. The zero-order valence-electron chi connectivity index (χ0n) is 19.2. The number of nitrogens with zero attached hydrogens (tertiary/aromatic N) is 4. The summed E-state index contributed by atoms with van der Waals surface area (Å²) in [4.78, 5) is 26.0. The summed E-state index contributed by atoms with van der Waals surface area (Å²) in [6.45, 7) is 1.43. The molecule has 0 unspecified atom stereocenters. The minimum Gasteiger partial charge on any atom is -0.443 e. The number of carbonyl (C=O) groups excluding carboxylic acids is 1.